The van der Waals surface area contributed by atoms with Crippen molar-refractivity contribution in [3.05, 3.63) is 18.5 Å². The summed E-state index contributed by atoms with van der Waals surface area (Å²) in [6, 6.07) is 2.59. The number of nitrogens with one attached hydrogen (secondary N) is 1. The molecule has 0 radical (unpaired) electrons. The van der Waals surface area contributed by atoms with Gasteiger partial charge in [0.25, 0.3) is 0 Å². The predicted octanol–water partition coefficient (Wildman–Crippen LogP) is 0.304. The molecule has 3 rings (SSSR count). The topological polar surface area (TPSA) is 65.9 Å². The molecule has 0 spiro atoms. The van der Waals surface area contributed by atoms with Crippen molar-refractivity contribution in [1.29, 1.82) is 0 Å². The number of aromatic nitrogens is 5. The van der Waals surface area contributed by atoms with E-state index < -0.39 is 0 Å². The van der Waals surface area contributed by atoms with Crippen molar-refractivity contribution >= 4 is 0 Å². The van der Waals surface area contributed by atoms with Gasteiger partial charge in [-0.15, -0.1) is 5.10 Å². The zero-order valence-electron chi connectivity index (χ0n) is 12.0. The van der Waals surface area contributed by atoms with Gasteiger partial charge in [-0.3, -0.25) is 14.7 Å². The highest BCUT2D eigenvalue weighted by Crippen LogP contribution is 2.14. The molecule has 1 aliphatic heterocycles. The van der Waals surface area contributed by atoms with Crippen molar-refractivity contribution in [2.45, 2.75) is 19.0 Å². The summed E-state index contributed by atoms with van der Waals surface area (Å²) in [5, 5.41) is 15.2. The normalized spacial score (nSPS) is 20.1. The number of hydrogen-bond donors (Lipinski definition) is 1. The van der Waals surface area contributed by atoms with E-state index in [1.807, 2.05) is 16.9 Å². The third-order valence-corrected chi connectivity index (χ3v) is 3.94. The number of likely N-dealkylation sites (tertiary alicyclic amines) is 1. The smallest absolute Gasteiger partial charge is 0.130 e. The van der Waals surface area contributed by atoms with Crippen LogP contribution in [0.15, 0.2) is 18.5 Å². The van der Waals surface area contributed by atoms with Crippen molar-refractivity contribution < 1.29 is 0 Å². The standard InChI is InChI=1S/C13H21N7/c1-18(2)11-4-6-19(9-11)7-8-20-10-13(16-17-20)12-3-5-14-15-12/h3,5,10-11H,4,6-9H2,1-2H3,(H,14,15). The van der Waals surface area contributed by atoms with Gasteiger partial charge in [-0.25, -0.2) is 0 Å². The highest BCUT2D eigenvalue weighted by molar-refractivity contribution is 5.50. The molecule has 20 heavy (non-hydrogen) atoms. The maximum atomic E-state index is 4.17. The fourth-order valence-electron chi connectivity index (χ4n) is 2.61. The monoisotopic (exact) mass is 275 g/mol. The Kier molecular flexibility index (Phi) is 3.79. The molecule has 1 atom stereocenters. The average molecular weight is 275 g/mol. The zero-order valence-corrected chi connectivity index (χ0v) is 12.0. The SMILES string of the molecule is CN(C)C1CCN(CCn2cc(-c3ccn[nH]3)nn2)C1. The van der Waals surface area contributed by atoms with Crippen LogP contribution in [0.2, 0.25) is 0 Å². The number of aromatic amines is 1. The maximum Gasteiger partial charge on any atom is 0.130 e. The first-order chi connectivity index (χ1) is 9.72. The Morgan fingerprint density at radius 3 is 3.00 bits per heavy atom. The zero-order chi connectivity index (χ0) is 13.9. The van der Waals surface area contributed by atoms with Crippen LogP contribution < -0.4 is 0 Å². The van der Waals surface area contributed by atoms with Crippen LogP contribution in [0.25, 0.3) is 11.4 Å². The summed E-state index contributed by atoms with van der Waals surface area (Å²) in [5.74, 6) is 0. The maximum absolute atomic E-state index is 4.17. The molecule has 7 heteroatoms. The fourth-order valence-corrected chi connectivity index (χ4v) is 2.61. The molecule has 1 N–H and O–H groups in total. The average Bonchev–Trinajstić information content (AvgIpc) is 3.17. The molecule has 0 saturated carbocycles. The Morgan fingerprint density at radius 1 is 1.40 bits per heavy atom. The van der Waals surface area contributed by atoms with Gasteiger partial charge < -0.3 is 4.90 Å². The molecule has 0 amide bonds. The second kappa shape index (κ2) is 5.72. The van der Waals surface area contributed by atoms with Crippen LogP contribution in [0, 0.1) is 0 Å². The Balaban J connectivity index is 1.52. The van der Waals surface area contributed by atoms with Crippen LogP contribution in [0.3, 0.4) is 0 Å². The number of nitrogens with zero attached hydrogens (tertiary/aromatic N) is 6. The second-order valence-corrected chi connectivity index (χ2v) is 5.54. The molecule has 0 aromatic carbocycles. The van der Waals surface area contributed by atoms with Gasteiger partial charge in [0, 0.05) is 25.3 Å². The molecule has 3 heterocycles. The summed E-state index contributed by atoms with van der Waals surface area (Å²) in [6.07, 6.45) is 4.94. The van der Waals surface area contributed by atoms with Gasteiger partial charge in [0.05, 0.1) is 18.4 Å². The van der Waals surface area contributed by atoms with Crippen molar-refractivity contribution in [3.8, 4) is 11.4 Å². The Hall–Kier alpha value is -1.73. The van der Waals surface area contributed by atoms with Gasteiger partial charge >= 0.3 is 0 Å². The Morgan fingerprint density at radius 2 is 2.30 bits per heavy atom. The van der Waals surface area contributed by atoms with Gasteiger partial charge in [0.1, 0.15) is 5.69 Å². The Bertz CT molecular complexity index is 531. The molecule has 1 unspecified atom stereocenters. The highest BCUT2D eigenvalue weighted by Gasteiger charge is 2.23. The first kappa shape index (κ1) is 13.3. The summed E-state index contributed by atoms with van der Waals surface area (Å²) < 4.78 is 1.90. The van der Waals surface area contributed by atoms with Crippen molar-refractivity contribution in [3.63, 3.8) is 0 Å². The van der Waals surface area contributed by atoms with Crippen molar-refractivity contribution in [1.82, 2.24) is 35.0 Å². The summed E-state index contributed by atoms with van der Waals surface area (Å²) >= 11 is 0. The van der Waals surface area contributed by atoms with Gasteiger partial charge in [0.15, 0.2) is 0 Å². The van der Waals surface area contributed by atoms with E-state index in [0.717, 1.165) is 31.0 Å². The first-order valence-electron chi connectivity index (χ1n) is 7.01. The molecule has 2 aromatic heterocycles. The van der Waals surface area contributed by atoms with Gasteiger partial charge in [0.2, 0.25) is 0 Å². The molecule has 1 aliphatic rings. The summed E-state index contributed by atoms with van der Waals surface area (Å²) in [7, 11) is 4.31. The van der Waals surface area contributed by atoms with Crippen LogP contribution in [-0.2, 0) is 6.54 Å². The van der Waals surface area contributed by atoms with Gasteiger partial charge in [-0.1, -0.05) is 5.21 Å². The minimum Gasteiger partial charge on any atom is -0.305 e. The molecule has 0 bridgehead atoms. The van der Waals surface area contributed by atoms with Crippen LogP contribution in [-0.4, -0.2) is 74.8 Å². The van der Waals surface area contributed by atoms with Gasteiger partial charge in [-0.05, 0) is 33.1 Å². The minimum absolute atomic E-state index is 0.686. The molecule has 0 aliphatic carbocycles. The summed E-state index contributed by atoms with van der Waals surface area (Å²) in [5.41, 5.74) is 1.75. The number of H-pyrrole nitrogens is 1. The van der Waals surface area contributed by atoms with E-state index in [0.29, 0.717) is 6.04 Å². The Labute approximate surface area is 118 Å². The molecule has 1 saturated heterocycles. The molecular formula is C13H21N7. The molecule has 2 aromatic rings. The van der Waals surface area contributed by atoms with Crippen molar-refractivity contribution in [2.75, 3.05) is 33.7 Å². The molecule has 108 valence electrons. The van der Waals surface area contributed by atoms with E-state index in [-0.39, 0.29) is 0 Å². The number of rotatable bonds is 5. The van der Waals surface area contributed by atoms with E-state index in [1.165, 1.54) is 13.0 Å². The van der Waals surface area contributed by atoms with E-state index in [9.17, 15) is 0 Å². The molecule has 7 nitrogen and oxygen atoms in total. The van der Waals surface area contributed by atoms with Crippen LogP contribution >= 0.6 is 0 Å². The lowest BCUT2D eigenvalue weighted by Gasteiger charge is -2.20. The molecular weight excluding hydrogens is 254 g/mol. The summed E-state index contributed by atoms with van der Waals surface area (Å²) in [6.45, 7) is 4.22. The highest BCUT2D eigenvalue weighted by atomic mass is 15.4. The van der Waals surface area contributed by atoms with Crippen LogP contribution in [0.5, 0.6) is 0 Å². The van der Waals surface area contributed by atoms with Crippen LogP contribution in [0.4, 0.5) is 0 Å². The van der Waals surface area contributed by atoms with E-state index >= 15 is 0 Å². The lowest BCUT2D eigenvalue weighted by molar-refractivity contribution is 0.260. The lowest BCUT2D eigenvalue weighted by atomic mass is 10.2. The first-order valence-corrected chi connectivity index (χ1v) is 7.01. The summed E-state index contributed by atoms with van der Waals surface area (Å²) in [4.78, 5) is 4.80. The third kappa shape index (κ3) is 2.88. The fraction of sp³-hybridized carbons (Fsp3) is 0.615. The number of likely N-dealkylation sites (N-methyl/N-ethyl adjacent to an activating group) is 1. The van der Waals surface area contributed by atoms with Crippen LogP contribution in [0.1, 0.15) is 6.42 Å². The van der Waals surface area contributed by atoms with Gasteiger partial charge in [-0.2, -0.15) is 5.10 Å². The third-order valence-electron chi connectivity index (χ3n) is 3.94. The minimum atomic E-state index is 0.686. The van der Waals surface area contributed by atoms with E-state index in [4.69, 9.17) is 0 Å². The number of hydrogen-bond acceptors (Lipinski definition) is 5. The van der Waals surface area contributed by atoms with E-state index in [1.54, 1.807) is 6.20 Å². The quantitative estimate of drug-likeness (QED) is 0.850. The van der Waals surface area contributed by atoms with Crippen molar-refractivity contribution in [2.24, 2.45) is 0 Å². The predicted molar refractivity (Wildman–Crippen MR) is 76.1 cm³/mol. The largest absolute Gasteiger partial charge is 0.305 e. The van der Waals surface area contributed by atoms with E-state index in [2.05, 4.69) is 44.4 Å². The second-order valence-electron chi connectivity index (χ2n) is 5.54. The lowest BCUT2D eigenvalue weighted by Crippen LogP contribution is -2.32. The molecule has 1 fully saturated rings.